The molecule has 0 aromatic heterocycles. The summed E-state index contributed by atoms with van der Waals surface area (Å²) in [6.45, 7) is 4.79. The molecule has 1 aliphatic rings. The molecule has 2 rings (SSSR count). The highest BCUT2D eigenvalue weighted by Gasteiger charge is 2.33. The number of anilines is 1. The fourth-order valence-electron chi connectivity index (χ4n) is 1.49. The summed E-state index contributed by atoms with van der Waals surface area (Å²) < 4.78 is 6.36. The summed E-state index contributed by atoms with van der Waals surface area (Å²) in [5.74, 6) is 0. The summed E-state index contributed by atoms with van der Waals surface area (Å²) in [5.41, 5.74) is 1.27. The lowest BCUT2D eigenvalue weighted by atomic mass is 9.89. The Hall–Kier alpha value is -0.000000000000000132. The van der Waals surface area contributed by atoms with Crippen molar-refractivity contribution < 1.29 is 4.74 Å². The Labute approximate surface area is 108 Å². The molecule has 1 fully saturated rings. The average Bonchev–Trinajstić information content (AvgIpc) is 2.14. The molecule has 1 aromatic carbocycles. The van der Waals surface area contributed by atoms with Gasteiger partial charge in [0.1, 0.15) is 0 Å². The van der Waals surface area contributed by atoms with Gasteiger partial charge in [-0.1, -0.05) is 18.5 Å². The van der Waals surface area contributed by atoms with Crippen LogP contribution in [0, 0.1) is 8.99 Å². The molecule has 15 heavy (non-hydrogen) atoms. The Balaban J connectivity index is 1.98. The second-order valence-electron chi connectivity index (χ2n) is 4.28. The van der Waals surface area contributed by atoms with E-state index in [0.29, 0.717) is 0 Å². The Morgan fingerprint density at radius 3 is 2.80 bits per heavy atom. The van der Waals surface area contributed by atoms with Crippen molar-refractivity contribution in [3.63, 3.8) is 0 Å². The number of hydrogen-bond acceptors (Lipinski definition) is 2. The van der Waals surface area contributed by atoms with Crippen molar-refractivity contribution in [1.82, 2.24) is 0 Å². The van der Waals surface area contributed by atoms with Crippen LogP contribution in [-0.2, 0) is 4.74 Å². The molecule has 0 saturated carbocycles. The third-order valence-corrected chi connectivity index (χ3v) is 3.52. The number of halogens is 2. The Kier molecular flexibility index (Phi) is 3.42. The molecule has 1 N–H and O–H groups in total. The highest BCUT2D eigenvalue weighted by atomic mass is 127. The lowest BCUT2D eigenvalue weighted by Crippen LogP contribution is -2.45. The van der Waals surface area contributed by atoms with Crippen molar-refractivity contribution in [3.05, 3.63) is 26.8 Å². The normalized spacial score (nSPS) is 18.3. The minimum absolute atomic E-state index is 0.270. The van der Waals surface area contributed by atoms with E-state index in [2.05, 4.69) is 34.8 Å². The van der Waals surface area contributed by atoms with E-state index in [1.807, 2.05) is 18.2 Å². The van der Waals surface area contributed by atoms with Crippen LogP contribution in [0.3, 0.4) is 0 Å². The van der Waals surface area contributed by atoms with Gasteiger partial charge in [-0.3, -0.25) is 0 Å². The number of nitrogens with one attached hydrogen (secondary N) is 1. The van der Waals surface area contributed by atoms with Crippen molar-refractivity contribution in [1.29, 1.82) is 0 Å². The maximum Gasteiger partial charge on any atom is 0.0648 e. The van der Waals surface area contributed by atoms with Crippen molar-refractivity contribution in [2.45, 2.75) is 6.92 Å². The van der Waals surface area contributed by atoms with Gasteiger partial charge in [0.2, 0.25) is 0 Å². The summed E-state index contributed by atoms with van der Waals surface area (Å²) in [5, 5.41) is 4.15. The van der Waals surface area contributed by atoms with Gasteiger partial charge in [-0.05, 0) is 40.8 Å². The molecular weight excluding hydrogens is 324 g/mol. The third kappa shape index (κ3) is 2.77. The summed E-state index contributed by atoms with van der Waals surface area (Å²) >= 11 is 8.37. The molecule has 0 atom stereocenters. The molecule has 0 aliphatic carbocycles. The molecule has 1 aliphatic heterocycles. The summed E-state index contributed by atoms with van der Waals surface area (Å²) in [6.07, 6.45) is 0. The van der Waals surface area contributed by atoms with Crippen molar-refractivity contribution >= 4 is 39.9 Å². The monoisotopic (exact) mass is 337 g/mol. The molecule has 2 nitrogen and oxygen atoms in total. The Bertz CT molecular complexity index is 366. The topological polar surface area (TPSA) is 21.3 Å². The van der Waals surface area contributed by atoms with Gasteiger partial charge in [0, 0.05) is 15.5 Å². The second-order valence-corrected chi connectivity index (χ2v) is 5.93. The lowest BCUT2D eigenvalue weighted by Gasteiger charge is -2.38. The van der Waals surface area contributed by atoms with E-state index in [0.717, 1.165) is 34.0 Å². The first kappa shape index (κ1) is 11.5. The molecule has 0 unspecified atom stereocenters. The van der Waals surface area contributed by atoms with Gasteiger partial charge < -0.3 is 10.1 Å². The first-order valence-electron chi connectivity index (χ1n) is 4.86. The van der Waals surface area contributed by atoms with Gasteiger partial charge in [0.25, 0.3) is 0 Å². The predicted octanol–water partition coefficient (Wildman–Crippen LogP) is 3.39. The smallest absolute Gasteiger partial charge is 0.0648 e. The van der Waals surface area contributed by atoms with E-state index >= 15 is 0 Å². The van der Waals surface area contributed by atoms with Crippen LogP contribution in [0.1, 0.15) is 6.92 Å². The molecule has 1 aromatic rings. The van der Waals surface area contributed by atoms with E-state index < -0.39 is 0 Å². The number of benzene rings is 1. The van der Waals surface area contributed by atoms with Crippen LogP contribution in [0.25, 0.3) is 0 Å². The van der Waals surface area contributed by atoms with Gasteiger partial charge in [-0.2, -0.15) is 0 Å². The average molecular weight is 338 g/mol. The fourth-order valence-corrected chi connectivity index (χ4v) is 2.42. The molecule has 0 bridgehead atoms. The predicted molar refractivity (Wildman–Crippen MR) is 71.6 cm³/mol. The van der Waals surface area contributed by atoms with Crippen molar-refractivity contribution in [2.24, 2.45) is 5.41 Å². The molecule has 1 saturated heterocycles. The van der Waals surface area contributed by atoms with Crippen molar-refractivity contribution in [3.8, 4) is 0 Å². The first-order valence-corrected chi connectivity index (χ1v) is 6.31. The molecule has 0 amide bonds. The highest BCUT2D eigenvalue weighted by molar-refractivity contribution is 14.1. The minimum Gasteiger partial charge on any atom is -0.383 e. The summed E-state index contributed by atoms with van der Waals surface area (Å²) in [6, 6.07) is 6.03. The number of hydrogen-bond donors (Lipinski definition) is 1. The van der Waals surface area contributed by atoms with Gasteiger partial charge in [0.15, 0.2) is 0 Å². The number of ether oxygens (including phenoxy) is 1. The minimum atomic E-state index is 0.270. The van der Waals surface area contributed by atoms with Crippen LogP contribution in [0.2, 0.25) is 5.02 Å². The maximum absolute atomic E-state index is 6.12. The van der Waals surface area contributed by atoms with Gasteiger partial charge >= 0.3 is 0 Å². The van der Waals surface area contributed by atoms with Gasteiger partial charge in [-0.15, -0.1) is 0 Å². The molecular formula is C11H13ClINO. The Morgan fingerprint density at radius 2 is 2.27 bits per heavy atom. The summed E-state index contributed by atoms with van der Waals surface area (Å²) in [7, 11) is 0. The van der Waals surface area contributed by atoms with Crippen LogP contribution in [0.15, 0.2) is 18.2 Å². The van der Waals surface area contributed by atoms with Crippen LogP contribution in [0.4, 0.5) is 5.69 Å². The zero-order valence-corrected chi connectivity index (χ0v) is 11.4. The van der Waals surface area contributed by atoms with Crippen LogP contribution in [0.5, 0.6) is 0 Å². The molecule has 0 spiro atoms. The van der Waals surface area contributed by atoms with Crippen LogP contribution < -0.4 is 5.32 Å². The van der Waals surface area contributed by atoms with E-state index in [1.54, 1.807) is 0 Å². The van der Waals surface area contributed by atoms with Crippen molar-refractivity contribution in [2.75, 3.05) is 25.1 Å². The maximum atomic E-state index is 6.12. The molecule has 0 radical (unpaired) electrons. The van der Waals surface area contributed by atoms with E-state index in [9.17, 15) is 0 Å². The number of rotatable bonds is 3. The van der Waals surface area contributed by atoms with Gasteiger partial charge in [-0.25, -0.2) is 0 Å². The van der Waals surface area contributed by atoms with Crippen LogP contribution in [-0.4, -0.2) is 19.8 Å². The zero-order valence-electron chi connectivity index (χ0n) is 8.52. The molecule has 82 valence electrons. The van der Waals surface area contributed by atoms with Gasteiger partial charge in [0.05, 0.1) is 23.9 Å². The highest BCUT2D eigenvalue weighted by Crippen LogP contribution is 2.29. The third-order valence-electron chi connectivity index (χ3n) is 2.54. The largest absolute Gasteiger partial charge is 0.383 e. The second kappa shape index (κ2) is 4.47. The molecule has 1 heterocycles. The summed E-state index contributed by atoms with van der Waals surface area (Å²) in [4.78, 5) is 0. The standard InChI is InChI=1S/C11H13ClINO/c1-11(6-15-7-11)5-14-10-3-2-8(13)4-9(10)12/h2-4,14H,5-7H2,1H3. The van der Waals surface area contributed by atoms with Crippen LogP contribution >= 0.6 is 34.2 Å². The SMILES string of the molecule is CC1(CNc2ccc(I)cc2Cl)COC1. The van der Waals surface area contributed by atoms with E-state index in [4.69, 9.17) is 16.3 Å². The molecule has 4 heteroatoms. The van der Waals surface area contributed by atoms with E-state index in [-0.39, 0.29) is 5.41 Å². The van der Waals surface area contributed by atoms with E-state index in [1.165, 1.54) is 0 Å². The zero-order chi connectivity index (χ0) is 10.9. The first-order chi connectivity index (χ1) is 7.09. The lowest BCUT2D eigenvalue weighted by molar-refractivity contribution is -0.0924. The quantitative estimate of drug-likeness (QED) is 0.854. The fraction of sp³-hybridized carbons (Fsp3) is 0.455. The Morgan fingerprint density at radius 1 is 1.53 bits per heavy atom.